The number of hydrogen-bond donors (Lipinski definition) is 0. The van der Waals surface area contributed by atoms with Crippen molar-refractivity contribution >= 4 is 0 Å². The maximum Gasteiger partial charge on any atom is 0.417 e. The molecular formula is C18H10F12. The second-order valence-corrected chi connectivity index (χ2v) is 6.35. The van der Waals surface area contributed by atoms with Crippen molar-refractivity contribution in [3.8, 4) is 11.1 Å². The van der Waals surface area contributed by atoms with Crippen LogP contribution in [0.5, 0.6) is 0 Å². The third-order valence-electron chi connectivity index (χ3n) is 4.25. The van der Waals surface area contributed by atoms with Crippen molar-refractivity contribution in [3.63, 3.8) is 0 Å². The van der Waals surface area contributed by atoms with Gasteiger partial charge in [0.05, 0.1) is 22.3 Å². The molecule has 30 heavy (non-hydrogen) atoms. The fraction of sp³-hybridized carbons (Fsp3) is 0.333. The third kappa shape index (κ3) is 4.36. The summed E-state index contributed by atoms with van der Waals surface area (Å²) in [7, 11) is 0. The molecule has 2 rings (SSSR count). The number of aryl methyl sites for hydroxylation is 2. The summed E-state index contributed by atoms with van der Waals surface area (Å²) in [5.74, 6) is 0. The van der Waals surface area contributed by atoms with E-state index < -0.39 is 69.2 Å². The van der Waals surface area contributed by atoms with Crippen molar-refractivity contribution in [3.05, 3.63) is 57.6 Å². The molecule has 0 heterocycles. The lowest BCUT2D eigenvalue weighted by molar-refractivity contribution is -0.163. The van der Waals surface area contributed by atoms with Gasteiger partial charge >= 0.3 is 24.7 Å². The van der Waals surface area contributed by atoms with Crippen LogP contribution in [0.2, 0.25) is 0 Å². The Bertz CT molecular complexity index is 876. The number of hydrogen-bond acceptors (Lipinski definition) is 0. The first-order valence-electron chi connectivity index (χ1n) is 7.84. The monoisotopic (exact) mass is 454 g/mol. The lowest BCUT2D eigenvalue weighted by Crippen LogP contribution is -2.22. The first-order valence-corrected chi connectivity index (χ1v) is 7.84. The SMILES string of the molecule is Cc1ccc(-c2ccc(C)c(C(F)(F)F)c2C(F)(F)F)c(C(F)(F)F)c1C(F)(F)F. The van der Waals surface area contributed by atoms with Crippen LogP contribution in [0.1, 0.15) is 33.4 Å². The summed E-state index contributed by atoms with van der Waals surface area (Å²) >= 11 is 0. The van der Waals surface area contributed by atoms with E-state index in [1.165, 1.54) is 0 Å². The first-order chi connectivity index (χ1) is 13.3. The zero-order valence-corrected chi connectivity index (χ0v) is 14.8. The van der Waals surface area contributed by atoms with Crippen LogP contribution in [0.15, 0.2) is 24.3 Å². The van der Waals surface area contributed by atoms with Gasteiger partial charge in [0.25, 0.3) is 0 Å². The van der Waals surface area contributed by atoms with E-state index in [0.29, 0.717) is 38.1 Å². The van der Waals surface area contributed by atoms with Crippen LogP contribution in [0.4, 0.5) is 52.7 Å². The summed E-state index contributed by atoms with van der Waals surface area (Å²) in [6, 6.07) is 1.54. The molecule has 0 aliphatic carbocycles. The highest BCUT2D eigenvalue weighted by atomic mass is 19.4. The van der Waals surface area contributed by atoms with Gasteiger partial charge in [0.15, 0.2) is 0 Å². The minimum Gasteiger partial charge on any atom is -0.166 e. The quantitative estimate of drug-likeness (QED) is 0.383. The number of alkyl halides is 12. The highest BCUT2D eigenvalue weighted by molar-refractivity contribution is 5.76. The molecule has 0 aromatic heterocycles. The van der Waals surface area contributed by atoms with E-state index >= 15 is 0 Å². The van der Waals surface area contributed by atoms with E-state index in [9.17, 15) is 52.7 Å². The molecule has 2 aromatic carbocycles. The van der Waals surface area contributed by atoms with E-state index in [-0.39, 0.29) is 0 Å². The standard InChI is InChI=1S/C18H10F12/c1-7-3-5-9(13(17(25,26)27)11(7)15(19,20)21)10-6-4-8(2)12(16(22,23)24)14(10)18(28,29)30/h3-6H,1-2H3. The first kappa shape index (κ1) is 23.9. The fourth-order valence-electron chi connectivity index (χ4n) is 3.18. The van der Waals surface area contributed by atoms with Crippen LogP contribution in [-0.4, -0.2) is 0 Å². The van der Waals surface area contributed by atoms with Gasteiger partial charge in [0, 0.05) is 0 Å². The normalized spacial score (nSPS) is 13.7. The summed E-state index contributed by atoms with van der Waals surface area (Å²) < 4.78 is 161. The zero-order valence-electron chi connectivity index (χ0n) is 14.8. The maximum atomic E-state index is 13.5. The van der Waals surface area contributed by atoms with Gasteiger partial charge in [-0.2, -0.15) is 52.7 Å². The second kappa shape index (κ2) is 7.09. The molecule has 0 saturated heterocycles. The van der Waals surface area contributed by atoms with Gasteiger partial charge in [-0.15, -0.1) is 0 Å². The topological polar surface area (TPSA) is 0 Å². The predicted molar refractivity (Wildman–Crippen MR) is 81.4 cm³/mol. The van der Waals surface area contributed by atoms with Crippen LogP contribution in [0.3, 0.4) is 0 Å². The molecule has 0 nitrogen and oxygen atoms in total. The predicted octanol–water partition coefficient (Wildman–Crippen LogP) is 8.05. The van der Waals surface area contributed by atoms with Crippen LogP contribution in [0.25, 0.3) is 11.1 Å². The lowest BCUT2D eigenvalue weighted by Gasteiger charge is -2.25. The zero-order chi connectivity index (χ0) is 23.4. The molecule has 0 spiro atoms. The highest BCUT2D eigenvalue weighted by Crippen LogP contribution is 2.51. The van der Waals surface area contributed by atoms with Gasteiger partial charge in [-0.25, -0.2) is 0 Å². The van der Waals surface area contributed by atoms with E-state index in [1.807, 2.05) is 0 Å². The van der Waals surface area contributed by atoms with E-state index in [2.05, 4.69) is 0 Å². The van der Waals surface area contributed by atoms with Crippen molar-refractivity contribution in [2.45, 2.75) is 38.6 Å². The average Bonchev–Trinajstić information content (AvgIpc) is 2.50. The third-order valence-corrected chi connectivity index (χ3v) is 4.25. The molecule has 0 aliphatic rings. The summed E-state index contributed by atoms with van der Waals surface area (Å²) in [4.78, 5) is 0. The average molecular weight is 454 g/mol. The van der Waals surface area contributed by atoms with Crippen LogP contribution < -0.4 is 0 Å². The summed E-state index contributed by atoms with van der Waals surface area (Å²) in [5, 5.41) is 0. The Balaban J connectivity index is 3.15. The van der Waals surface area contributed by atoms with Crippen LogP contribution >= 0.6 is 0 Å². The molecule has 0 saturated carbocycles. The van der Waals surface area contributed by atoms with Crippen molar-refractivity contribution in [2.24, 2.45) is 0 Å². The Morgan fingerprint density at radius 3 is 0.833 bits per heavy atom. The summed E-state index contributed by atoms with van der Waals surface area (Å²) in [6.07, 6.45) is -22.9. The molecule has 0 atom stereocenters. The Morgan fingerprint density at radius 2 is 0.633 bits per heavy atom. The molecule has 0 N–H and O–H groups in total. The van der Waals surface area contributed by atoms with Gasteiger partial charge in [-0.3, -0.25) is 0 Å². The minimum absolute atomic E-state index is 0.299. The maximum absolute atomic E-state index is 13.5. The van der Waals surface area contributed by atoms with Gasteiger partial charge in [-0.1, -0.05) is 24.3 Å². The molecule has 0 amide bonds. The molecule has 0 radical (unpaired) electrons. The van der Waals surface area contributed by atoms with E-state index in [1.54, 1.807) is 0 Å². The molecular weight excluding hydrogens is 444 g/mol. The largest absolute Gasteiger partial charge is 0.417 e. The highest BCUT2D eigenvalue weighted by Gasteiger charge is 2.50. The Hall–Kier alpha value is -2.40. The van der Waals surface area contributed by atoms with Crippen LogP contribution in [0, 0.1) is 13.8 Å². The summed E-state index contributed by atoms with van der Waals surface area (Å²) in [6.45, 7) is 1.31. The molecule has 0 aliphatic heterocycles. The van der Waals surface area contributed by atoms with Gasteiger partial charge in [0.1, 0.15) is 0 Å². The molecule has 166 valence electrons. The smallest absolute Gasteiger partial charge is 0.166 e. The Morgan fingerprint density at radius 1 is 0.400 bits per heavy atom. The molecule has 12 heteroatoms. The van der Waals surface area contributed by atoms with Crippen molar-refractivity contribution in [2.75, 3.05) is 0 Å². The molecule has 0 bridgehead atoms. The van der Waals surface area contributed by atoms with Gasteiger partial charge in [-0.05, 0) is 36.1 Å². The summed E-state index contributed by atoms with van der Waals surface area (Å²) in [5.41, 5.74) is -14.7. The van der Waals surface area contributed by atoms with E-state index in [4.69, 9.17) is 0 Å². The van der Waals surface area contributed by atoms with Crippen molar-refractivity contribution in [1.82, 2.24) is 0 Å². The number of benzene rings is 2. The van der Waals surface area contributed by atoms with Crippen LogP contribution in [-0.2, 0) is 24.7 Å². The van der Waals surface area contributed by atoms with Crippen molar-refractivity contribution < 1.29 is 52.7 Å². The minimum atomic E-state index is -5.81. The second-order valence-electron chi connectivity index (χ2n) is 6.35. The van der Waals surface area contributed by atoms with Crippen molar-refractivity contribution in [1.29, 1.82) is 0 Å². The lowest BCUT2D eigenvalue weighted by atomic mass is 9.86. The Kier molecular flexibility index (Phi) is 5.64. The fourth-order valence-corrected chi connectivity index (χ4v) is 3.18. The Labute approximate surface area is 161 Å². The number of halogens is 12. The van der Waals surface area contributed by atoms with Gasteiger partial charge < -0.3 is 0 Å². The number of rotatable bonds is 1. The molecule has 0 unspecified atom stereocenters. The molecule has 0 fully saturated rings. The van der Waals surface area contributed by atoms with E-state index in [0.717, 1.165) is 0 Å². The van der Waals surface area contributed by atoms with Gasteiger partial charge in [0.2, 0.25) is 0 Å². The molecule has 2 aromatic rings.